The lowest BCUT2D eigenvalue weighted by molar-refractivity contribution is -0.126. The number of rotatable bonds is 27. The zero-order valence-corrected chi connectivity index (χ0v) is 52.9. The number of hydrogen-bond acceptors (Lipinski definition) is 19. The predicted octanol–water partition coefficient (Wildman–Crippen LogP) is 4.35. The van der Waals surface area contributed by atoms with Crippen molar-refractivity contribution in [2.24, 2.45) is 0 Å². The number of carbonyl (C=O) groups excluding carboxylic acids is 4. The van der Waals surface area contributed by atoms with Gasteiger partial charge in [0, 0.05) is 123 Å². The molecule has 4 aromatic carbocycles. The molecule has 1 saturated heterocycles. The lowest BCUT2D eigenvalue weighted by Gasteiger charge is -2.29. The van der Waals surface area contributed by atoms with Crippen LogP contribution in [0, 0.1) is 0 Å². The second-order valence-electron chi connectivity index (χ2n) is 21.9. The van der Waals surface area contributed by atoms with Crippen LogP contribution in [0.2, 0.25) is 0 Å². The molecule has 3 aliphatic heterocycles. The Morgan fingerprint density at radius 2 is 1.49 bits per heavy atom. The van der Waals surface area contributed by atoms with Crippen LogP contribution in [0.5, 0.6) is 17.2 Å². The molecule has 31 nitrogen and oxygen atoms in total. The third-order valence-corrected chi connectivity index (χ3v) is 18.6. The van der Waals surface area contributed by atoms with Crippen LogP contribution in [0.3, 0.4) is 0 Å². The van der Waals surface area contributed by atoms with Gasteiger partial charge in [-0.05, 0) is 66.9 Å². The van der Waals surface area contributed by atoms with Gasteiger partial charge in [0.25, 0.3) is 11.5 Å². The number of ether oxygens (including phenoxy) is 3. The fourth-order valence-corrected chi connectivity index (χ4v) is 13.3. The summed E-state index contributed by atoms with van der Waals surface area (Å²) >= 11 is 0. The molecule has 494 valence electrons. The second-order valence-corrected chi connectivity index (χ2v) is 26.3. The molecular formula is C59H66N8O23P3+. The molecule has 6 atom stereocenters. The number of carbonyl (C=O) groups is 5. The van der Waals surface area contributed by atoms with E-state index in [1.165, 1.54) is 6.07 Å². The zero-order chi connectivity index (χ0) is 67.1. The summed E-state index contributed by atoms with van der Waals surface area (Å²) in [4.78, 5) is 132. The van der Waals surface area contributed by atoms with Gasteiger partial charge >= 0.3 is 35.1 Å². The highest BCUT2D eigenvalue weighted by Crippen LogP contribution is 2.66. The van der Waals surface area contributed by atoms with E-state index in [4.69, 9.17) is 28.4 Å². The number of anilines is 1. The van der Waals surface area contributed by atoms with Gasteiger partial charge < -0.3 is 74.6 Å². The summed E-state index contributed by atoms with van der Waals surface area (Å²) < 4.78 is 73.5. The Hall–Kier alpha value is -8.67. The fourth-order valence-electron chi connectivity index (χ4n) is 10.2. The molecule has 0 saturated carbocycles. The van der Waals surface area contributed by atoms with E-state index >= 15 is 0 Å². The quantitative estimate of drug-likeness (QED) is 0.0148. The van der Waals surface area contributed by atoms with Crippen molar-refractivity contribution in [2.45, 2.75) is 69.5 Å². The molecule has 0 radical (unpaired) electrons. The van der Waals surface area contributed by atoms with Gasteiger partial charge in [-0.2, -0.15) is 8.62 Å². The number of hydrogen-bond donors (Lipinski definition) is 11. The number of para-hydroxylation sites is 1. The maximum atomic E-state index is 13.4. The van der Waals surface area contributed by atoms with Crippen LogP contribution in [0.4, 0.5) is 5.69 Å². The van der Waals surface area contributed by atoms with E-state index in [1.807, 2.05) is 74.1 Å². The zero-order valence-electron chi connectivity index (χ0n) is 50.2. The third kappa shape index (κ3) is 17.5. The van der Waals surface area contributed by atoms with Crippen molar-refractivity contribution in [3.8, 4) is 39.7 Å². The van der Waals surface area contributed by atoms with Gasteiger partial charge in [-0.25, -0.2) is 27.9 Å². The molecule has 6 unspecified atom stereocenters. The molecule has 5 aromatic rings. The van der Waals surface area contributed by atoms with Crippen molar-refractivity contribution in [1.29, 1.82) is 0 Å². The molecule has 0 bridgehead atoms. The molecule has 0 spiro atoms. The molecule has 1 aliphatic carbocycles. The summed E-state index contributed by atoms with van der Waals surface area (Å²) in [6, 6.07) is 27.4. The Morgan fingerprint density at radius 1 is 0.774 bits per heavy atom. The molecule has 9 rings (SSSR count). The van der Waals surface area contributed by atoms with Gasteiger partial charge in [0.05, 0.1) is 42.6 Å². The lowest BCUT2D eigenvalue weighted by Crippen LogP contribution is -2.36. The maximum Gasteiger partial charge on any atom is 0.490 e. The van der Waals surface area contributed by atoms with Crippen molar-refractivity contribution in [3.05, 3.63) is 157 Å². The molecule has 4 heterocycles. The number of benzene rings is 5. The Labute approximate surface area is 528 Å². The van der Waals surface area contributed by atoms with Gasteiger partial charge in [-0.1, -0.05) is 24.3 Å². The van der Waals surface area contributed by atoms with Crippen molar-refractivity contribution in [3.63, 3.8) is 0 Å². The minimum absolute atomic E-state index is 0.0754. The number of amides is 4. The lowest BCUT2D eigenvalue weighted by atomic mass is 9.89. The SMILES string of the molecule is CN(C)c1ccc2c(-c3ccc(C(=O)NCCNC(=O)CCCCOc4ccc5c(c4)Oc4ccccc4C5NC(=O)CCC(=O)NCc4cn(C5CC(O)C(COP(=O)(O)OP(=O)(O)OP(=O)(O)O)O5)c(=O)[nH]c4=O)cc3C(=O)O)c3ccc(=[N+](C)C)cc-3oc2c1. The van der Waals surface area contributed by atoms with E-state index in [0.29, 0.717) is 74.6 Å². The minimum atomic E-state index is -5.83. The number of carboxylic acids is 1. The van der Waals surface area contributed by atoms with Gasteiger partial charge in [-0.15, -0.1) is 0 Å². The summed E-state index contributed by atoms with van der Waals surface area (Å²) in [5.74, 6) is -1.29. The summed E-state index contributed by atoms with van der Waals surface area (Å²) in [5.41, 5.74) is 2.40. The molecule has 11 N–H and O–H groups in total. The van der Waals surface area contributed by atoms with Gasteiger partial charge in [0.15, 0.2) is 0 Å². The number of nitrogens with zero attached hydrogens (tertiary/aromatic N) is 3. The molecular weight excluding hydrogens is 1280 g/mol. The number of aliphatic hydroxyl groups excluding tert-OH is 1. The first-order chi connectivity index (χ1) is 44.0. The standard InChI is InChI=1S/C59H65N8O23P3/c1-65(2)35-13-17-39-46(26-35)87-47-27-36(66(3)4)14-18-40(47)54(39)38-16-12-33(25-43(38)58(74)75)56(72)61-23-22-60-50(69)11-7-8-24-84-37-15-19-42-48(28-37)86-45-10-6-5-9-41(45)55(42)63-52(71)21-20-51(70)62-30-34-31-67(59(76)64-57(34)73)53-29-44(68)49(88-53)32-85-92(80,81)90-93(82,83)89-91(77,78)79/h5-6,9-10,12-19,25-28,31,44,49,53,55,68H,7-8,11,20-24,29-30,32H2,1-4H3,(H9-,60,61,62,63,64,69,70,71,72,73,74,75,76,77,78,79,80,81,82,83)/p+1. The molecule has 4 amide bonds. The number of fused-ring (bicyclic) bond motifs is 4. The van der Waals surface area contributed by atoms with Crippen molar-refractivity contribution in [2.75, 3.05) is 59.4 Å². The highest BCUT2D eigenvalue weighted by Gasteiger charge is 2.43. The van der Waals surface area contributed by atoms with Crippen LogP contribution in [0.25, 0.3) is 33.4 Å². The van der Waals surface area contributed by atoms with E-state index in [2.05, 4.69) is 39.4 Å². The number of aliphatic hydroxyl groups is 1. The van der Waals surface area contributed by atoms with Crippen LogP contribution < -0.4 is 56.8 Å². The average molecular weight is 1350 g/mol. The Morgan fingerprint density at radius 3 is 2.24 bits per heavy atom. The fraction of sp³-hybridized carbons (Fsp3) is 0.322. The maximum absolute atomic E-state index is 13.4. The van der Waals surface area contributed by atoms with Crippen molar-refractivity contribution in [1.82, 2.24) is 35.4 Å². The Balaban J connectivity index is 0.712. The predicted molar refractivity (Wildman–Crippen MR) is 331 cm³/mol. The number of nitrogens with one attached hydrogen (secondary N) is 5. The van der Waals surface area contributed by atoms with E-state index in [0.717, 1.165) is 21.8 Å². The molecule has 93 heavy (non-hydrogen) atoms. The number of aromatic nitrogens is 2. The normalized spacial score (nSPS) is 17.2. The third-order valence-electron chi connectivity index (χ3n) is 14.8. The molecule has 1 aromatic heterocycles. The van der Waals surface area contributed by atoms with E-state index < -0.39 is 96.0 Å². The summed E-state index contributed by atoms with van der Waals surface area (Å²) in [7, 11) is -9.42. The van der Waals surface area contributed by atoms with E-state index in [9.17, 15) is 67.3 Å². The van der Waals surface area contributed by atoms with Crippen molar-refractivity contribution >= 4 is 69.7 Å². The van der Waals surface area contributed by atoms with Crippen LogP contribution in [-0.4, -0.2) is 136 Å². The van der Waals surface area contributed by atoms with Crippen LogP contribution >= 0.6 is 23.5 Å². The number of aromatic carboxylic acids is 1. The highest BCUT2D eigenvalue weighted by molar-refractivity contribution is 7.66. The smallest absolute Gasteiger partial charge is 0.490 e. The average Bonchev–Trinajstić information content (AvgIpc) is 1.11. The summed E-state index contributed by atoms with van der Waals surface area (Å²) in [5, 5.41) is 33.6. The highest BCUT2D eigenvalue weighted by atomic mass is 31.3. The Kier molecular flexibility index (Phi) is 21.5. The monoisotopic (exact) mass is 1350 g/mol. The number of phosphoric ester groups is 1. The van der Waals surface area contributed by atoms with E-state index in [-0.39, 0.29) is 68.0 Å². The van der Waals surface area contributed by atoms with Crippen LogP contribution in [-0.2, 0) is 52.5 Å². The minimum Gasteiger partial charge on any atom is -0.493 e. The van der Waals surface area contributed by atoms with Gasteiger partial charge in [0.2, 0.25) is 23.1 Å². The summed E-state index contributed by atoms with van der Waals surface area (Å²) in [6.45, 7) is -1.02. The largest absolute Gasteiger partial charge is 0.493 e. The first kappa shape index (κ1) is 68.7. The first-order valence-electron chi connectivity index (χ1n) is 28.7. The number of H-pyrrole nitrogens is 1. The van der Waals surface area contributed by atoms with Gasteiger partial charge in [-0.3, -0.25) is 38.0 Å². The topological polar surface area (TPSA) is 436 Å². The number of phosphoric acid groups is 3. The first-order valence-corrected chi connectivity index (χ1v) is 33.2. The second kappa shape index (κ2) is 29.1. The van der Waals surface area contributed by atoms with E-state index in [1.54, 1.807) is 54.6 Å². The molecule has 4 aliphatic rings. The molecule has 1 fully saturated rings. The number of unbranched alkanes of at least 4 members (excludes halogenated alkanes) is 1. The van der Waals surface area contributed by atoms with Gasteiger partial charge in [0.1, 0.15) is 55.0 Å². The summed E-state index contributed by atoms with van der Waals surface area (Å²) in [6.07, 6.45) is -3.16. The Bertz CT molecular complexity index is 4350. The van der Waals surface area contributed by atoms with Crippen LogP contribution in [0.15, 0.2) is 117 Å². The molecule has 34 heteroatoms. The van der Waals surface area contributed by atoms with Crippen LogP contribution in [0.1, 0.15) is 88.2 Å². The number of aromatic amines is 1. The van der Waals surface area contributed by atoms with Crippen molar-refractivity contribution < 1.29 is 99.2 Å². The number of carboxylic acid groups (broad SMARTS) is 1.